The molecule has 0 spiro atoms. The highest BCUT2D eigenvalue weighted by atomic mass is 16.5. The van der Waals surface area contributed by atoms with E-state index in [9.17, 15) is 10.2 Å². The lowest BCUT2D eigenvalue weighted by Gasteiger charge is -2.30. The Balaban J connectivity index is 1.83. The predicted molar refractivity (Wildman–Crippen MR) is 97.5 cm³/mol. The first-order valence-electron chi connectivity index (χ1n) is 8.68. The molecule has 5 nitrogen and oxygen atoms in total. The molecule has 26 heavy (non-hydrogen) atoms. The molecule has 2 aliphatic rings. The number of allylic oxidation sites excluding steroid dienone is 2. The van der Waals surface area contributed by atoms with Crippen LogP contribution < -0.4 is 14.2 Å². The van der Waals surface area contributed by atoms with Gasteiger partial charge in [0, 0.05) is 23.3 Å². The highest BCUT2D eigenvalue weighted by Gasteiger charge is 2.43. The lowest BCUT2D eigenvalue weighted by Crippen LogP contribution is -2.24. The van der Waals surface area contributed by atoms with Crippen molar-refractivity contribution in [1.29, 1.82) is 0 Å². The maximum atomic E-state index is 10.5. The second-order valence-electron chi connectivity index (χ2n) is 6.98. The van der Waals surface area contributed by atoms with Crippen LogP contribution in [0.15, 0.2) is 35.9 Å². The van der Waals surface area contributed by atoms with Crippen LogP contribution in [0.2, 0.25) is 0 Å². The number of phenolic OH excluding ortho intramolecular Hbond substituents is 2. The van der Waals surface area contributed by atoms with Gasteiger partial charge in [0.25, 0.3) is 0 Å². The molecule has 0 bridgehead atoms. The first-order valence-corrected chi connectivity index (χ1v) is 8.68. The Kier molecular flexibility index (Phi) is 3.94. The fraction of sp³-hybridized carbons (Fsp3) is 0.333. The Hall–Kier alpha value is -2.82. The molecule has 0 radical (unpaired) electrons. The van der Waals surface area contributed by atoms with E-state index in [-0.39, 0.29) is 23.5 Å². The molecule has 0 aromatic heterocycles. The fourth-order valence-corrected chi connectivity index (χ4v) is 3.74. The van der Waals surface area contributed by atoms with Gasteiger partial charge in [-0.3, -0.25) is 0 Å². The highest BCUT2D eigenvalue weighted by Crippen LogP contribution is 2.56. The third-order valence-electron chi connectivity index (χ3n) is 5.00. The predicted octanol–water partition coefficient (Wildman–Crippen LogP) is 4.22. The second kappa shape index (κ2) is 6.16. The lowest BCUT2D eigenvalue weighted by atomic mass is 9.87. The molecule has 2 aromatic carbocycles. The minimum atomic E-state index is -0.267. The van der Waals surface area contributed by atoms with Gasteiger partial charge < -0.3 is 24.4 Å². The van der Waals surface area contributed by atoms with E-state index < -0.39 is 0 Å². The van der Waals surface area contributed by atoms with Crippen molar-refractivity contribution in [3.05, 3.63) is 52.6 Å². The zero-order valence-corrected chi connectivity index (χ0v) is 15.1. The zero-order chi connectivity index (χ0) is 18.4. The number of hydrogen-bond acceptors (Lipinski definition) is 5. The molecule has 2 atom stereocenters. The van der Waals surface area contributed by atoms with Crippen LogP contribution in [0.3, 0.4) is 0 Å². The molecule has 2 aromatic rings. The fourth-order valence-electron chi connectivity index (χ4n) is 3.74. The Labute approximate surface area is 152 Å². The minimum Gasteiger partial charge on any atom is -0.508 e. The summed E-state index contributed by atoms with van der Waals surface area (Å²) in [7, 11) is 1.60. The summed E-state index contributed by atoms with van der Waals surface area (Å²) >= 11 is 0. The Morgan fingerprint density at radius 2 is 2.04 bits per heavy atom. The number of ether oxygens (including phenoxy) is 3. The molecule has 136 valence electrons. The normalized spacial score (nSPS) is 19.5. The molecule has 2 heterocycles. The molecule has 0 amide bonds. The molecule has 2 N–H and O–H groups in total. The maximum absolute atomic E-state index is 10.5. The first kappa shape index (κ1) is 16.6. The van der Waals surface area contributed by atoms with E-state index in [1.807, 2.05) is 26.0 Å². The summed E-state index contributed by atoms with van der Waals surface area (Å²) in [6, 6.07) is 6.81. The van der Waals surface area contributed by atoms with E-state index in [4.69, 9.17) is 14.2 Å². The summed E-state index contributed by atoms with van der Waals surface area (Å²) < 4.78 is 17.8. The number of aromatic hydroxyl groups is 2. The van der Waals surface area contributed by atoms with E-state index in [1.165, 1.54) is 5.57 Å². The van der Waals surface area contributed by atoms with Gasteiger partial charge in [-0.2, -0.15) is 0 Å². The number of methoxy groups -OCH3 is 1. The van der Waals surface area contributed by atoms with Gasteiger partial charge in [0.2, 0.25) is 0 Å². The molecule has 0 fully saturated rings. The summed E-state index contributed by atoms with van der Waals surface area (Å²) in [5.41, 5.74) is 3.71. The van der Waals surface area contributed by atoms with Gasteiger partial charge in [0.15, 0.2) is 0 Å². The maximum Gasteiger partial charge on any atom is 0.141 e. The molecule has 2 aliphatic heterocycles. The third-order valence-corrected chi connectivity index (χ3v) is 5.00. The number of hydrogen-bond donors (Lipinski definition) is 2. The van der Waals surface area contributed by atoms with E-state index in [1.54, 1.807) is 25.3 Å². The van der Waals surface area contributed by atoms with Gasteiger partial charge in [-0.05, 0) is 26.3 Å². The molecule has 0 aliphatic carbocycles. The van der Waals surface area contributed by atoms with Crippen molar-refractivity contribution in [3.8, 4) is 28.7 Å². The van der Waals surface area contributed by atoms with Gasteiger partial charge in [-0.15, -0.1) is 0 Å². The minimum absolute atomic E-state index is 0.0212. The van der Waals surface area contributed by atoms with Crippen LogP contribution in [0, 0.1) is 0 Å². The molecular formula is C21H22O5. The largest absolute Gasteiger partial charge is 0.508 e. The third kappa shape index (κ3) is 2.55. The lowest BCUT2D eigenvalue weighted by molar-refractivity contribution is 0.135. The molecule has 0 unspecified atom stereocenters. The number of rotatable bonds is 3. The zero-order valence-electron chi connectivity index (χ0n) is 15.1. The van der Waals surface area contributed by atoms with Crippen LogP contribution in [0.25, 0.3) is 0 Å². The van der Waals surface area contributed by atoms with Crippen molar-refractivity contribution in [1.82, 2.24) is 0 Å². The van der Waals surface area contributed by atoms with Crippen molar-refractivity contribution in [2.75, 3.05) is 13.7 Å². The summed E-state index contributed by atoms with van der Waals surface area (Å²) in [5, 5.41) is 20.2. The smallest absolute Gasteiger partial charge is 0.141 e. The molecule has 0 saturated heterocycles. The van der Waals surface area contributed by atoms with E-state index in [0.717, 1.165) is 16.7 Å². The molecule has 4 rings (SSSR count). The van der Waals surface area contributed by atoms with Gasteiger partial charge in [-0.25, -0.2) is 0 Å². The van der Waals surface area contributed by atoms with Crippen LogP contribution in [-0.2, 0) is 6.42 Å². The van der Waals surface area contributed by atoms with E-state index in [2.05, 4.69) is 0 Å². The van der Waals surface area contributed by atoms with E-state index in [0.29, 0.717) is 30.3 Å². The quantitative estimate of drug-likeness (QED) is 0.808. The molecular weight excluding hydrogens is 332 g/mol. The van der Waals surface area contributed by atoms with Crippen molar-refractivity contribution in [2.45, 2.75) is 32.3 Å². The standard InChI is InChI=1S/C21H22O5/c1-11(2)4-6-14-16(23)9-18-19(20(14)24-3)21-15(10-25-18)13-7-5-12(22)8-17(13)26-21/h4-5,7-9,15,21-23H,6,10H2,1-3H3/t15-,21-/m1/s1. The molecule has 0 saturated carbocycles. The van der Waals surface area contributed by atoms with Crippen LogP contribution in [0.1, 0.15) is 42.6 Å². The van der Waals surface area contributed by atoms with Crippen molar-refractivity contribution >= 4 is 0 Å². The van der Waals surface area contributed by atoms with Gasteiger partial charge in [-0.1, -0.05) is 17.7 Å². The van der Waals surface area contributed by atoms with Gasteiger partial charge >= 0.3 is 0 Å². The molecule has 5 heteroatoms. The van der Waals surface area contributed by atoms with Gasteiger partial charge in [0.1, 0.15) is 34.9 Å². The average Bonchev–Trinajstić information content (AvgIpc) is 2.96. The summed E-state index contributed by atoms with van der Waals surface area (Å²) in [6.07, 6.45) is 2.35. The highest BCUT2D eigenvalue weighted by molar-refractivity contribution is 5.62. The van der Waals surface area contributed by atoms with Crippen LogP contribution in [-0.4, -0.2) is 23.9 Å². The SMILES string of the molecule is COc1c(CC=C(C)C)c(O)cc2c1[C@@H]1Oc3cc(O)ccc3[C@H]1CO2. The van der Waals surface area contributed by atoms with Crippen molar-refractivity contribution in [3.63, 3.8) is 0 Å². The monoisotopic (exact) mass is 354 g/mol. The second-order valence-corrected chi connectivity index (χ2v) is 6.98. The number of benzene rings is 2. The number of phenols is 2. The van der Waals surface area contributed by atoms with E-state index >= 15 is 0 Å². The summed E-state index contributed by atoms with van der Waals surface area (Å²) in [6.45, 7) is 4.49. The number of fused-ring (bicyclic) bond motifs is 5. The van der Waals surface area contributed by atoms with Crippen molar-refractivity contribution in [2.24, 2.45) is 0 Å². The van der Waals surface area contributed by atoms with Crippen LogP contribution in [0.5, 0.6) is 28.7 Å². The Morgan fingerprint density at radius 3 is 2.77 bits per heavy atom. The first-order chi connectivity index (χ1) is 12.5. The topological polar surface area (TPSA) is 68.2 Å². The Morgan fingerprint density at radius 1 is 1.23 bits per heavy atom. The van der Waals surface area contributed by atoms with Gasteiger partial charge in [0.05, 0.1) is 25.2 Å². The average molecular weight is 354 g/mol. The van der Waals surface area contributed by atoms with Crippen molar-refractivity contribution < 1.29 is 24.4 Å². The Bertz CT molecular complexity index is 896. The summed E-state index contributed by atoms with van der Waals surface area (Å²) in [4.78, 5) is 0. The van der Waals surface area contributed by atoms with Crippen LogP contribution >= 0.6 is 0 Å². The van der Waals surface area contributed by atoms with Crippen LogP contribution in [0.4, 0.5) is 0 Å². The summed E-state index contributed by atoms with van der Waals surface area (Å²) in [5.74, 6) is 2.20.